The van der Waals surface area contributed by atoms with Crippen molar-refractivity contribution in [3.8, 4) is 11.4 Å². The predicted octanol–water partition coefficient (Wildman–Crippen LogP) is 5.77. The molecule has 1 aromatic carbocycles. The van der Waals surface area contributed by atoms with Crippen LogP contribution in [0.25, 0.3) is 5.69 Å². The first-order chi connectivity index (χ1) is 15.9. The highest BCUT2D eigenvalue weighted by Gasteiger charge is 2.60. The highest BCUT2D eigenvalue weighted by molar-refractivity contribution is 5.89. The highest BCUT2D eigenvalue weighted by Crippen LogP contribution is 2.64. The van der Waals surface area contributed by atoms with Gasteiger partial charge in [0.15, 0.2) is 0 Å². The first kappa shape index (κ1) is 21.1. The molecule has 33 heavy (non-hydrogen) atoms. The van der Waals surface area contributed by atoms with Crippen LogP contribution in [-0.4, -0.2) is 22.6 Å². The quantitative estimate of drug-likeness (QED) is 0.653. The van der Waals surface area contributed by atoms with Gasteiger partial charge in [-0.3, -0.25) is 4.79 Å². The lowest BCUT2D eigenvalue weighted by molar-refractivity contribution is -0.124. The fraction of sp³-hybridized carbons (Fsp3) is 0.552. The van der Waals surface area contributed by atoms with Crippen LogP contribution in [0.1, 0.15) is 52.9 Å². The number of rotatable bonds is 3. The number of benzene rings is 1. The average Bonchev–Trinajstić information content (AvgIpc) is 3.43. The molecule has 4 heteroatoms. The molecule has 0 radical (unpaired) electrons. The molecule has 6 rings (SSSR count). The number of carbonyl (C=O) groups excluding carboxylic acids is 1. The highest BCUT2D eigenvalue weighted by atomic mass is 16.5. The first-order valence-electron chi connectivity index (χ1n) is 12.8. The molecule has 174 valence electrons. The standard InChI is InChI=1S/C29H36N2O2/c1-19-16-25-29(3,13-11-26(32)30-25)23-10-12-28(2)18-22(17-24(28)27(19)23)33-21-8-6-20(7-9-21)31-14-4-5-15-31/h4-9,11,13-15,19,22-25,27H,10,12,16-18H2,1-3H3,(H,30,32)/t19?,22-,23-,24-,25+,27?,28+,29+/m0/s1. The summed E-state index contributed by atoms with van der Waals surface area (Å²) in [7, 11) is 0. The molecule has 2 aromatic rings. The summed E-state index contributed by atoms with van der Waals surface area (Å²) >= 11 is 0. The zero-order chi connectivity index (χ0) is 22.8. The number of nitrogens with zero attached hydrogens (tertiary/aromatic N) is 1. The van der Waals surface area contributed by atoms with Crippen molar-refractivity contribution in [3.63, 3.8) is 0 Å². The van der Waals surface area contributed by atoms with Gasteiger partial charge in [0.05, 0.1) is 6.10 Å². The van der Waals surface area contributed by atoms with Gasteiger partial charge in [-0.1, -0.05) is 26.8 Å². The van der Waals surface area contributed by atoms with Crippen LogP contribution in [0.4, 0.5) is 0 Å². The normalized spacial score (nSPS) is 41.6. The molecule has 2 heterocycles. The number of ether oxygens (including phenoxy) is 1. The van der Waals surface area contributed by atoms with Gasteiger partial charge >= 0.3 is 0 Å². The summed E-state index contributed by atoms with van der Waals surface area (Å²) in [6, 6.07) is 12.9. The van der Waals surface area contributed by atoms with Gasteiger partial charge in [0.25, 0.3) is 0 Å². The molecule has 3 saturated carbocycles. The molecule has 0 saturated heterocycles. The van der Waals surface area contributed by atoms with Crippen molar-refractivity contribution in [3.05, 3.63) is 60.9 Å². The number of nitrogens with one attached hydrogen (secondary N) is 1. The Bertz CT molecular complexity index is 1060. The van der Waals surface area contributed by atoms with E-state index in [0.717, 1.165) is 30.7 Å². The number of fused-ring (bicyclic) bond motifs is 5. The second kappa shape index (κ2) is 7.51. The van der Waals surface area contributed by atoms with Crippen molar-refractivity contribution < 1.29 is 9.53 Å². The Hall–Kier alpha value is -2.49. The minimum absolute atomic E-state index is 0.0830. The molecule has 4 nitrogen and oxygen atoms in total. The molecular weight excluding hydrogens is 408 g/mol. The maximum atomic E-state index is 12.0. The first-order valence-corrected chi connectivity index (χ1v) is 12.8. The minimum Gasteiger partial charge on any atom is -0.490 e. The Morgan fingerprint density at radius 1 is 1.06 bits per heavy atom. The zero-order valence-electron chi connectivity index (χ0n) is 20.0. The van der Waals surface area contributed by atoms with E-state index >= 15 is 0 Å². The Morgan fingerprint density at radius 3 is 2.58 bits per heavy atom. The molecule has 3 aliphatic carbocycles. The molecule has 2 unspecified atom stereocenters. The van der Waals surface area contributed by atoms with E-state index in [1.165, 1.54) is 12.8 Å². The van der Waals surface area contributed by atoms with E-state index in [4.69, 9.17) is 4.74 Å². The van der Waals surface area contributed by atoms with Crippen LogP contribution < -0.4 is 10.1 Å². The average molecular weight is 445 g/mol. The maximum absolute atomic E-state index is 12.0. The molecule has 0 spiro atoms. The maximum Gasteiger partial charge on any atom is 0.243 e. The monoisotopic (exact) mass is 444 g/mol. The van der Waals surface area contributed by atoms with Gasteiger partial charge < -0.3 is 14.6 Å². The van der Waals surface area contributed by atoms with Crippen LogP contribution in [0.5, 0.6) is 5.75 Å². The van der Waals surface area contributed by atoms with Crippen LogP contribution in [0.2, 0.25) is 0 Å². The van der Waals surface area contributed by atoms with Crippen molar-refractivity contribution in [1.82, 2.24) is 9.88 Å². The second-order valence-corrected chi connectivity index (χ2v) is 11.7. The molecule has 1 N–H and O–H groups in total. The van der Waals surface area contributed by atoms with Crippen molar-refractivity contribution in [2.45, 2.75) is 65.0 Å². The SMILES string of the molecule is CC1C[C@H]2NC(=O)C=C[C@]2(C)[C@H]2CC[C@]3(C)C[C@@H](Oc4ccc(-n5cccc5)cc4)C[C@H]3C12. The molecule has 1 aliphatic heterocycles. The lowest BCUT2D eigenvalue weighted by Crippen LogP contribution is -2.61. The summed E-state index contributed by atoms with van der Waals surface area (Å²) in [5.41, 5.74) is 1.60. The van der Waals surface area contributed by atoms with Crippen molar-refractivity contribution in [1.29, 1.82) is 0 Å². The minimum atomic E-state index is 0.0830. The number of carbonyl (C=O) groups is 1. The third-order valence-electron chi connectivity index (χ3n) is 9.83. The van der Waals surface area contributed by atoms with E-state index < -0.39 is 0 Å². The van der Waals surface area contributed by atoms with Crippen molar-refractivity contribution in [2.24, 2.45) is 34.5 Å². The van der Waals surface area contributed by atoms with Crippen molar-refractivity contribution in [2.75, 3.05) is 0 Å². The van der Waals surface area contributed by atoms with Gasteiger partial charge in [-0.2, -0.15) is 0 Å². The lowest BCUT2D eigenvalue weighted by atomic mass is 9.46. The molecule has 1 amide bonds. The van der Waals surface area contributed by atoms with E-state index in [1.54, 1.807) is 6.08 Å². The molecule has 4 aliphatic rings. The van der Waals surface area contributed by atoms with Crippen LogP contribution in [0.15, 0.2) is 60.9 Å². The fourth-order valence-corrected chi connectivity index (χ4v) is 8.16. The summed E-state index contributed by atoms with van der Waals surface area (Å²) < 4.78 is 8.71. The number of aromatic nitrogens is 1. The molecule has 0 bridgehead atoms. The van der Waals surface area contributed by atoms with Crippen molar-refractivity contribution >= 4 is 5.91 Å². The third-order valence-corrected chi connectivity index (χ3v) is 9.83. The van der Waals surface area contributed by atoms with E-state index in [-0.39, 0.29) is 23.5 Å². The topological polar surface area (TPSA) is 43.3 Å². The molecular formula is C29H36N2O2. The van der Waals surface area contributed by atoms with Gasteiger partial charge in [-0.15, -0.1) is 0 Å². The second-order valence-electron chi connectivity index (χ2n) is 11.7. The summed E-state index contributed by atoms with van der Waals surface area (Å²) in [5, 5.41) is 3.30. The van der Waals surface area contributed by atoms with E-state index in [9.17, 15) is 4.79 Å². The lowest BCUT2D eigenvalue weighted by Gasteiger charge is -2.60. The fourth-order valence-electron chi connectivity index (χ4n) is 8.16. The Balaban J connectivity index is 1.21. The Labute approximate surface area is 197 Å². The molecule has 8 atom stereocenters. The predicted molar refractivity (Wildman–Crippen MR) is 130 cm³/mol. The third kappa shape index (κ3) is 3.36. The Kier molecular flexibility index (Phi) is 4.80. The summed E-state index contributed by atoms with van der Waals surface area (Å²) in [4.78, 5) is 12.0. The number of hydrogen-bond acceptors (Lipinski definition) is 2. The molecule has 1 aromatic heterocycles. The number of hydrogen-bond donors (Lipinski definition) is 1. The van der Waals surface area contributed by atoms with Gasteiger partial charge in [0.1, 0.15) is 5.75 Å². The van der Waals surface area contributed by atoms with Crippen LogP contribution in [-0.2, 0) is 4.79 Å². The van der Waals surface area contributed by atoms with Crippen LogP contribution >= 0.6 is 0 Å². The summed E-state index contributed by atoms with van der Waals surface area (Å²) in [6.07, 6.45) is 14.4. The van der Waals surface area contributed by atoms with Crippen LogP contribution in [0.3, 0.4) is 0 Å². The summed E-state index contributed by atoms with van der Waals surface area (Å²) in [6.45, 7) is 7.35. The smallest absolute Gasteiger partial charge is 0.243 e. The Morgan fingerprint density at radius 2 is 1.82 bits per heavy atom. The summed E-state index contributed by atoms with van der Waals surface area (Å²) in [5.74, 6) is 3.73. The van der Waals surface area contributed by atoms with Gasteiger partial charge in [0, 0.05) is 29.5 Å². The van der Waals surface area contributed by atoms with E-state index in [1.807, 2.05) is 12.1 Å². The molecule has 3 fully saturated rings. The largest absolute Gasteiger partial charge is 0.490 e. The number of amides is 1. The van der Waals surface area contributed by atoms with Crippen LogP contribution in [0, 0.1) is 34.5 Å². The van der Waals surface area contributed by atoms with Gasteiger partial charge in [-0.05, 0) is 104 Å². The van der Waals surface area contributed by atoms with E-state index in [0.29, 0.717) is 29.1 Å². The van der Waals surface area contributed by atoms with Gasteiger partial charge in [0.2, 0.25) is 5.91 Å². The van der Waals surface area contributed by atoms with E-state index in [2.05, 4.69) is 73.4 Å². The zero-order valence-corrected chi connectivity index (χ0v) is 20.0. The van der Waals surface area contributed by atoms with Gasteiger partial charge in [-0.25, -0.2) is 0 Å².